The Labute approximate surface area is 38.0 Å². The molecule has 1 nitrogen and oxygen atoms in total. The summed E-state index contributed by atoms with van der Waals surface area (Å²) in [4.78, 5) is 0. The zero-order chi connectivity index (χ0) is 4.57. The molecule has 1 aliphatic carbocycles. The van der Waals surface area contributed by atoms with Gasteiger partial charge in [-0.1, -0.05) is 6.92 Å². The van der Waals surface area contributed by atoms with Crippen LogP contribution >= 0.6 is 0 Å². The van der Waals surface area contributed by atoms with Gasteiger partial charge in [0, 0.05) is 6.61 Å². The first kappa shape index (κ1) is 4.13. The van der Waals surface area contributed by atoms with Crippen LogP contribution in [-0.4, -0.2) is 11.7 Å². The lowest BCUT2D eigenvalue weighted by Gasteiger charge is -1.79. The first-order chi connectivity index (χ1) is 2.84. The molecule has 2 atom stereocenters. The molecule has 1 saturated carbocycles. The van der Waals surface area contributed by atoms with Crippen LogP contribution in [0.5, 0.6) is 0 Å². The van der Waals surface area contributed by atoms with Gasteiger partial charge in [0.25, 0.3) is 0 Å². The minimum absolute atomic E-state index is 0.404. The molecule has 0 spiro atoms. The van der Waals surface area contributed by atoms with Crippen molar-refractivity contribution in [2.24, 2.45) is 11.8 Å². The molecule has 1 rings (SSSR count). The fourth-order valence-corrected chi connectivity index (χ4v) is 0.653. The molecule has 0 aromatic carbocycles. The summed E-state index contributed by atoms with van der Waals surface area (Å²) in [6.45, 7) is 2.57. The van der Waals surface area contributed by atoms with E-state index in [0.717, 1.165) is 5.92 Å². The van der Waals surface area contributed by atoms with Crippen molar-refractivity contribution in [2.75, 3.05) is 6.61 Å². The highest BCUT2D eigenvalue weighted by Crippen LogP contribution is 2.36. The highest BCUT2D eigenvalue weighted by Gasteiger charge is 2.30. The van der Waals surface area contributed by atoms with E-state index >= 15 is 0 Å². The zero-order valence-electron chi connectivity index (χ0n) is 4.02. The third-order valence-electron chi connectivity index (χ3n) is 1.51. The Bertz CT molecular complexity index is 49.9. The van der Waals surface area contributed by atoms with Crippen LogP contribution < -0.4 is 0 Å². The third-order valence-corrected chi connectivity index (χ3v) is 1.51. The van der Waals surface area contributed by atoms with Crippen molar-refractivity contribution < 1.29 is 5.11 Å². The summed E-state index contributed by atoms with van der Waals surface area (Å²) in [6, 6.07) is 0. The largest absolute Gasteiger partial charge is 0.396 e. The maximum Gasteiger partial charge on any atom is 0.0461 e. The van der Waals surface area contributed by atoms with Crippen molar-refractivity contribution in [3.8, 4) is 0 Å². The Morgan fingerprint density at radius 2 is 2.33 bits per heavy atom. The molecule has 1 heteroatoms. The monoisotopic (exact) mass is 86.1 g/mol. The van der Waals surface area contributed by atoms with Gasteiger partial charge in [0.15, 0.2) is 0 Å². The van der Waals surface area contributed by atoms with Gasteiger partial charge in [0.05, 0.1) is 0 Å². The Morgan fingerprint density at radius 1 is 1.83 bits per heavy atom. The Kier molecular flexibility index (Phi) is 0.845. The molecule has 0 aromatic rings. The second kappa shape index (κ2) is 1.23. The highest BCUT2D eigenvalue weighted by molar-refractivity contribution is 4.80. The normalized spacial score (nSPS) is 43.0. The van der Waals surface area contributed by atoms with E-state index in [2.05, 4.69) is 6.92 Å². The van der Waals surface area contributed by atoms with E-state index in [1.807, 2.05) is 0 Å². The maximum atomic E-state index is 8.38. The lowest BCUT2D eigenvalue weighted by Crippen LogP contribution is -1.83. The molecule has 0 saturated heterocycles. The van der Waals surface area contributed by atoms with E-state index in [4.69, 9.17) is 5.11 Å². The SMILES string of the molecule is C[C@@H]1C[C@@H]1CO. The van der Waals surface area contributed by atoms with Gasteiger partial charge in [-0.3, -0.25) is 0 Å². The minimum atomic E-state index is 0.404. The predicted molar refractivity (Wildman–Crippen MR) is 24.4 cm³/mol. The second-order valence-corrected chi connectivity index (χ2v) is 2.16. The van der Waals surface area contributed by atoms with E-state index in [1.54, 1.807) is 0 Å². The number of rotatable bonds is 1. The van der Waals surface area contributed by atoms with Crippen molar-refractivity contribution in [3.05, 3.63) is 0 Å². The van der Waals surface area contributed by atoms with Crippen LogP contribution in [0.2, 0.25) is 0 Å². The van der Waals surface area contributed by atoms with Crippen molar-refractivity contribution in [3.63, 3.8) is 0 Å². The molecule has 0 unspecified atom stereocenters. The van der Waals surface area contributed by atoms with Gasteiger partial charge < -0.3 is 5.11 Å². The lowest BCUT2D eigenvalue weighted by molar-refractivity contribution is 0.270. The Hall–Kier alpha value is -0.0400. The summed E-state index contributed by atoms with van der Waals surface area (Å²) < 4.78 is 0. The van der Waals surface area contributed by atoms with Crippen LogP contribution in [0.15, 0.2) is 0 Å². The van der Waals surface area contributed by atoms with Gasteiger partial charge in [-0.05, 0) is 18.3 Å². The molecule has 0 aromatic heterocycles. The quantitative estimate of drug-likeness (QED) is 0.496. The third kappa shape index (κ3) is 0.548. The minimum Gasteiger partial charge on any atom is -0.396 e. The molecule has 0 aliphatic heterocycles. The lowest BCUT2D eigenvalue weighted by atomic mass is 10.4. The van der Waals surface area contributed by atoms with E-state index in [0.29, 0.717) is 12.5 Å². The zero-order valence-corrected chi connectivity index (χ0v) is 4.02. The molecular weight excluding hydrogens is 76.1 g/mol. The number of aliphatic hydroxyl groups is 1. The summed E-state index contributed by atoms with van der Waals surface area (Å²) in [5, 5.41) is 8.38. The molecule has 1 fully saturated rings. The van der Waals surface area contributed by atoms with Crippen LogP contribution in [0.25, 0.3) is 0 Å². The van der Waals surface area contributed by atoms with E-state index in [-0.39, 0.29) is 0 Å². The van der Waals surface area contributed by atoms with Gasteiger partial charge in [-0.2, -0.15) is 0 Å². The van der Waals surface area contributed by atoms with Crippen LogP contribution in [0, 0.1) is 11.8 Å². The van der Waals surface area contributed by atoms with Crippen LogP contribution in [-0.2, 0) is 0 Å². The number of hydrogen-bond acceptors (Lipinski definition) is 1. The van der Waals surface area contributed by atoms with Crippen LogP contribution in [0.4, 0.5) is 0 Å². The fraction of sp³-hybridized carbons (Fsp3) is 1.00. The summed E-state index contributed by atoms with van der Waals surface area (Å²) >= 11 is 0. The maximum absolute atomic E-state index is 8.38. The predicted octanol–water partition coefficient (Wildman–Crippen LogP) is 0.635. The standard InChI is InChI=1S/C5H10O/c1-4-2-5(4)3-6/h4-6H,2-3H2,1H3/t4-,5-/m1/s1. The van der Waals surface area contributed by atoms with Crippen LogP contribution in [0.3, 0.4) is 0 Å². The number of aliphatic hydroxyl groups excluding tert-OH is 1. The summed E-state index contributed by atoms with van der Waals surface area (Å²) in [5.74, 6) is 1.47. The van der Waals surface area contributed by atoms with E-state index in [9.17, 15) is 0 Å². The Morgan fingerprint density at radius 3 is 2.33 bits per heavy atom. The first-order valence-corrected chi connectivity index (χ1v) is 2.45. The molecule has 1 N–H and O–H groups in total. The van der Waals surface area contributed by atoms with Crippen molar-refractivity contribution in [1.29, 1.82) is 0 Å². The van der Waals surface area contributed by atoms with E-state index in [1.165, 1.54) is 6.42 Å². The van der Waals surface area contributed by atoms with Gasteiger partial charge in [0.2, 0.25) is 0 Å². The molecule has 36 valence electrons. The molecule has 1 aliphatic rings. The average Bonchev–Trinajstić information content (AvgIpc) is 2.19. The highest BCUT2D eigenvalue weighted by atomic mass is 16.3. The second-order valence-electron chi connectivity index (χ2n) is 2.16. The number of hydrogen-bond donors (Lipinski definition) is 1. The first-order valence-electron chi connectivity index (χ1n) is 2.45. The average molecular weight is 86.1 g/mol. The molecule has 0 bridgehead atoms. The molecular formula is C5H10O. The molecule has 6 heavy (non-hydrogen) atoms. The summed E-state index contributed by atoms with van der Waals surface area (Å²) in [6.07, 6.45) is 1.25. The van der Waals surface area contributed by atoms with E-state index < -0.39 is 0 Å². The molecule has 0 amide bonds. The Balaban J connectivity index is 2.09. The van der Waals surface area contributed by atoms with Gasteiger partial charge in [-0.25, -0.2) is 0 Å². The van der Waals surface area contributed by atoms with Gasteiger partial charge in [0.1, 0.15) is 0 Å². The summed E-state index contributed by atoms with van der Waals surface area (Å²) in [5.41, 5.74) is 0. The molecule has 0 heterocycles. The smallest absolute Gasteiger partial charge is 0.0461 e. The van der Waals surface area contributed by atoms with Gasteiger partial charge in [-0.15, -0.1) is 0 Å². The van der Waals surface area contributed by atoms with Crippen molar-refractivity contribution in [2.45, 2.75) is 13.3 Å². The topological polar surface area (TPSA) is 20.2 Å². The summed E-state index contributed by atoms with van der Waals surface area (Å²) in [7, 11) is 0. The van der Waals surface area contributed by atoms with Crippen molar-refractivity contribution in [1.82, 2.24) is 0 Å². The van der Waals surface area contributed by atoms with Gasteiger partial charge >= 0.3 is 0 Å². The van der Waals surface area contributed by atoms with Crippen LogP contribution in [0.1, 0.15) is 13.3 Å². The fourth-order valence-electron chi connectivity index (χ4n) is 0.653. The molecule has 0 radical (unpaired) electrons. The van der Waals surface area contributed by atoms with Crippen molar-refractivity contribution >= 4 is 0 Å².